The Kier molecular flexibility index (Phi) is 2.97. The van der Waals surface area contributed by atoms with E-state index < -0.39 is 5.97 Å². The van der Waals surface area contributed by atoms with Gasteiger partial charge in [-0.1, -0.05) is 0 Å². The molecule has 4 heteroatoms. The molecular weight excluding hydrogens is 192 g/mol. The smallest absolute Gasteiger partial charge is 0.307 e. The first-order valence-corrected chi connectivity index (χ1v) is 5.10. The van der Waals surface area contributed by atoms with Crippen molar-refractivity contribution in [2.24, 2.45) is 5.92 Å². The molecule has 1 aliphatic rings. The zero-order valence-corrected chi connectivity index (χ0v) is 8.47. The first kappa shape index (κ1) is 10.1. The van der Waals surface area contributed by atoms with E-state index in [9.17, 15) is 4.79 Å². The van der Waals surface area contributed by atoms with Gasteiger partial charge in [-0.15, -0.1) is 0 Å². The van der Waals surface area contributed by atoms with Crippen LogP contribution in [0.25, 0.3) is 0 Å². The maximum Gasteiger partial charge on any atom is 0.307 e. The standard InChI is InChI=1S/C11H14N2O2/c14-11(15)10-3-6-13(8-10)7-9-1-4-12-5-2-9/h1-2,4-5,10H,3,6-8H2,(H,14,15). The van der Waals surface area contributed by atoms with Crippen LogP contribution in [0, 0.1) is 5.92 Å². The zero-order valence-electron chi connectivity index (χ0n) is 8.47. The van der Waals surface area contributed by atoms with Crippen LogP contribution in [0.5, 0.6) is 0 Å². The minimum absolute atomic E-state index is 0.188. The van der Waals surface area contributed by atoms with Gasteiger partial charge < -0.3 is 5.11 Å². The van der Waals surface area contributed by atoms with E-state index >= 15 is 0 Å². The van der Waals surface area contributed by atoms with E-state index in [2.05, 4.69) is 9.88 Å². The second-order valence-electron chi connectivity index (χ2n) is 3.91. The largest absolute Gasteiger partial charge is 0.481 e. The Morgan fingerprint density at radius 3 is 2.87 bits per heavy atom. The molecule has 1 unspecified atom stereocenters. The van der Waals surface area contributed by atoms with Crippen molar-refractivity contribution in [1.29, 1.82) is 0 Å². The molecule has 0 radical (unpaired) electrons. The number of pyridine rings is 1. The molecule has 1 atom stereocenters. The predicted octanol–water partition coefficient (Wildman–Crippen LogP) is 0.988. The number of aliphatic carboxylic acids is 1. The lowest BCUT2D eigenvalue weighted by atomic mass is 10.1. The van der Waals surface area contributed by atoms with E-state index in [0.717, 1.165) is 19.5 Å². The zero-order chi connectivity index (χ0) is 10.7. The van der Waals surface area contributed by atoms with Crippen molar-refractivity contribution >= 4 is 5.97 Å². The van der Waals surface area contributed by atoms with Crippen LogP contribution in [0.1, 0.15) is 12.0 Å². The van der Waals surface area contributed by atoms with Crippen molar-refractivity contribution in [3.63, 3.8) is 0 Å². The summed E-state index contributed by atoms with van der Waals surface area (Å²) in [6.07, 6.45) is 4.29. The van der Waals surface area contributed by atoms with E-state index in [1.807, 2.05) is 12.1 Å². The quantitative estimate of drug-likeness (QED) is 0.801. The molecule has 1 fully saturated rings. The van der Waals surface area contributed by atoms with E-state index in [-0.39, 0.29) is 5.92 Å². The number of carbonyl (C=O) groups is 1. The molecule has 1 aromatic heterocycles. The molecule has 4 nitrogen and oxygen atoms in total. The second kappa shape index (κ2) is 4.40. The van der Waals surface area contributed by atoms with Crippen LogP contribution in [-0.2, 0) is 11.3 Å². The summed E-state index contributed by atoms with van der Waals surface area (Å²) in [6.45, 7) is 2.36. The Morgan fingerprint density at radius 1 is 1.53 bits per heavy atom. The maximum atomic E-state index is 10.8. The normalized spacial score (nSPS) is 21.7. The van der Waals surface area contributed by atoms with Gasteiger partial charge >= 0.3 is 5.97 Å². The number of hydrogen-bond donors (Lipinski definition) is 1. The number of carboxylic acids is 1. The van der Waals surface area contributed by atoms with Gasteiger partial charge in [-0.3, -0.25) is 14.7 Å². The summed E-state index contributed by atoms with van der Waals surface area (Å²) in [7, 11) is 0. The van der Waals surface area contributed by atoms with E-state index in [1.165, 1.54) is 5.56 Å². The van der Waals surface area contributed by atoms with E-state index in [4.69, 9.17) is 5.11 Å². The number of aromatic nitrogens is 1. The molecule has 0 aromatic carbocycles. The van der Waals surface area contributed by atoms with Gasteiger partial charge in [-0.2, -0.15) is 0 Å². The van der Waals surface area contributed by atoms with Crippen molar-refractivity contribution in [2.75, 3.05) is 13.1 Å². The summed E-state index contributed by atoms with van der Waals surface area (Å²) in [6, 6.07) is 3.93. The van der Waals surface area contributed by atoms with Crippen LogP contribution in [0.15, 0.2) is 24.5 Å². The Hall–Kier alpha value is -1.42. The van der Waals surface area contributed by atoms with Crippen LogP contribution >= 0.6 is 0 Å². The fraction of sp³-hybridized carbons (Fsp3) is 0.455. The monoisotopic (exact) mass is 206 g/mol. The van der Waals surface area contributed by atoms with Crippen molar-refractivity contribution < 1.29 is 9.90 Å². The molecule has 1 aromatic rings. The molecule has 15 heavy (non-hydrogen) atoms. The lowest BCUT2D eigenvalue weighted by molar-refractivity contribution is -0.141. The molecule has 0 saturated carbocycles. The summed E-state index contributed by atoms with van der Waals surface area (Å²) in [5, 5.41) is 8.86. The van der Waals surface area contributed by atoms with Crippen molar-refractivity contribution in [3.05, 3.63) is 30.1 Å². The lowest BCUT2D eigenvalue weighted by Crippen LogP contribution is -2.22. The van der Waals surface area contributed by atoms with Crippen LogP contribution in [0.3, 0.4) is 0 Å². The molecule has 1 saturated heterocycles. The molecular formula is C11H14N2O2. The van der Waals surface area contributed by atoms with Gasteiger partial charge in [0, 0.05) is 25.5 Å². The minimum Gasteiger partial charge on any atom is -0.481 e. The SMILES string of the molecule is O=C(O)C1CCN(Cc2ccncc2)C1. The Labute approximate surface area is 88.6 Å². The van der Waals surface area contributed by atoms with Crippen LogP contribution < -0.4 is 0 Å². The van der Waals surface area contributed by atoms with Crippen molar-refractivity contribution in [3.8, 4) is 0 Å². The van der Waals surface area contributed by atoms with Gasteiger partial charge in [0.25, 0.3) is 0 Å². The average Bonchev–Trinajstić information content (AvgIpc) is 2.68. The number of rotatable bonds is 3. The molecule has 0 aliphatic carbocycles. The molecule has 1 aliphatic heterocycles. The maximum absolute atomic E-state index is 10.8. The van der Waals surface area contributed by atoms with Crippen molar-refractivity contribution in [2.45, 2.75) is 13.0 Å². The highest BCUT2D eigenvalue weighted by atomic mass is 16.4. The van der Waals surface area contributed by atoms with E-state index in [1.54, 1.807) is 12.4 Å². The lowest BCUT2D eigenvalue weighted by Gasteiger charge is -2.14. The van der Waals surface area contributed by atoms with Gasteiger partial charge in [0.2, 0.25) is 0 Å². The Bertz CT molecular complexity index is 340. The number of nitrogens with zero attached hydrogens (tertiary/aromatic N) is 2. The Morgan fingerprint density at radius 2 is 2.27 bits per heavy atom. The van der Waals surface area contributed by atoms with Crippen LogP contribution in [0.4, 0.5) is 0 Å². The average molecular weight is 206 g/mol. The topological polar surface area (TPSA) is 53.4 Å². The third-order valence-corrected chi connectivity index (χ3v) is 2.78. The Balaban J connectivity index is 1.90. The van der Waals surface area contributed by atoms with Crippen molar-refractivity contribution in [1.82, 2.24) is 9.88 Å². The summed E-state index contributed by atoms with van der Waals surface area (Å²) in [5.74, 6) is -0.862. The number of likely N-dealkylation sites (tertiary alicyclic amines) is 1. The highest BCUT2D eigenvalue weighted by molar-refractivity contribution is 5.70. The first-order chi connectivity index (χ1) is 7.25. The number of carboxylic acid groups (broad SMARTS) is 1. The highest BCUT2D eigenvalue weighted by Gasteiger charge is 2.27. The molecule has 0 bridgehead atoms. The summed E-state index contributed by atoms with van der Waals surface area (Å²) < 4.78 is 0. The predicted molar refractivity (Wildman–Crippen MR) is 55.3 cm³/mol. The van der Waals surface area contributed by atoms with Gasteiger partial charge in [0.05, 0.1) is 5.92 Å². The summed E-state index contributed by atoms with van der Waals surface area (Å²) in [5.41, 5.74) is 1.19. The molecule has 2 rings (SSSR count). The van der Waals surface area contributed by atoms with Gasteiger partial charge in [-0.25, -0.2) is 0 Å². The molecule has 2 heterocycles. The summed E-state index contributed by atoms with van der Waals surface area (Å²) in [4.78, 5) is 16.9. The first-order valence-electron chi connectivity index (χ1n) is 5.10. The van der Waals surface area contributed by atoms with Crippen LogP contribution in [0.2, 0.25) is 0 Å². The highest BCUT2D eigenvalue weighted by Crippen LogP contribution is 2.18. The molecule has 0 amide bonds. The van der Waals surface area contributed by atoms with Gasteiger partial charge in [-0.05, 0) is 30.7 Å². The minimum atomic E-state index is -0.674. The fourth-order valence-corrected chi connectivity index (χ4v) is 1.92. The molecule has 80 valence electrons. The summed E-state index contributed by atoms with van der Waals surface area (Å²) >= 11 is 0. The van der Waals surface area contributed by atoms with Gasteiger partial charge in [0.1, 0.15) is 0 Å². The number of hydrogen-bond acceptors (Lipinski definition) is 3. The van der Waals surface area contributed by atoms with E-state index in [0.29, 0.717) is 6.54 Å². The fourth-order valence-electron chi connectivity index (χ4n) is 1.92. The molecule has 1 N–H and O–H groups in total. The second-order valence-corrected chi connectivity index (χ2v) is 3.91. The third kappa shape index (κ3) is 2.53. The third-order valence-electron chi connectivity index (χ3n) is 2.78. The molecule has 0 spiro atoms. The van der Waals surface area contributed by atoms with Gasteiger partial charge in [0.15, 0.2) is 0 Å². The van der Waals surface area contributed by atoms with Crippen LogP contribution in [-0.4, -0.2) is 34.0 Å².